The number of aliphatic hydroxyl groups excluding tert-OH is 1. The van der Waals surface area contributed by atoms with Gasteiger partial charge in [-0.15, -0.1) is 0 Å². The summed E-state index contributed by atoms with van der Waals surface area (Å²) >= 11 is 0. The minimum absolute atomic E-state index is 0.0851. The van der Waals surface area contributed by atoms with Crippen molar-refractivity contribution in [3.63, 3.8) is 0 Å². The van der Waals surface area contributed by atoms with Crippen molar-refractivity contribution in [1.29, 1.82) is 0 Å². The van der Waals surface area contributed by atoms with Crippen LogP contribution >= 0.6 is 0 Å². The minimum Gasteiger partial charge on any atom is -0.508 e. The van der Waals surface area contributed by atoms with Crippen molar-refractivity contribution in [1.82, 2.24) is 0 Å². The van der Waals surface area contributed by atoms with Gasteiger partial charge in [0.2, 0.25) is 17.2 Å². The van der Waals surface area contributed by atoms with Crippen molar-refractivity contribution >= 4 is 11.6 Å². The van der Waals surface area contributed by atoms with Crippen LogP contribution in [0, 0.1) is 0 Å². The summed E-state index contributed by atoms with van der Waals surface area (Å²) in [6.07, 6.45) is -1.32. The molecule has 0 aliphatic carbocycles. The number of phenols is 5. The minimum atomic E-state index is -2.03. The highest BCUT2D eigenvalue weighted by Gasteiger charge is 2.55. The van der Waals surface area contributed by atoms with Gasteiger partial charge in [0.15, 0.2) is 0 Å². The molecule has 0 aromatic heterocycles. The Kier molecular flexibility index (Phi) is 6.74. The number of fused-ring (bicyclic) bond motifs is 2. The molecule has 0 bridgehead atoms. The van der Waals surface area contributed by atoms with E-state index in [1.165, 1.54) is 0 Å². The third kappa shape index (κ3) is 4.79. The van der Waals surface area contributed by atoms with E-state index in [1.54, 1.807) is 36.4 Å². The molecular weight excluding hydrogens is 560 g/mol. The van der Waals surface area contributed by atoms with Crippen molar-refractivity contribution in [2.75, 3.05) is 0 Å². The Labute approximate surface area is 244 Å². The maximum absolute atomic E-state index is 14.0. The van der Waals surface area contributed by atoms with Gasteiger partial charge in [-0.2, -0.15) is 0 Å². The van der Waals surface area contributed by atoms with Crippen molar-refractivity contribution < 1.29 is 54.4 Å². The Morgan fingerprint density at radius 2 is 1.44 bits per heavy atom. The van der Waals surface area contributed by atoms with Crippen LogP contribution in [0.15, 0.2) is 66.7 Å². The first kappa shape index (κ1) is 27.7. The molecule has 0 saturated carbocycles. The predicted octanol–water partition coefficient (Wildman–Crippen LogP) is 4.18. The van der Waals surface area contributed by atoms with E-state index in [9.17, 15) is 40.2 Å². The highest BCUT2D eigenvalue weighted by Crippen LogP contribution is 2.56. The third-order valence-electron chi connectivity index (χ3n) is 7.55. The van der Waals surface area contributed by atoms with Gasteiger partial charge in [-0.25, -0.2) is 0 Å². The van der Waals surface area contributed by atoms with Crippen LogP contribution in [-0.4, -0.2) is 48.5 Å². The number of carbonyl (C=O) groups excluding carboxylic acids is 2. The van der Waals surface area contributed by atoms with Crippen LogP contribution in [0.1, 0.15) is 50.2 Å². The monoisotopic (exact) mass is 586 g/mol. The van der Waals surface area contributed by atoms with E-state index in [0.29, 0.717) is 25.2 Å². The molecule has 2 unspecified atom stereocenters. The third-order valence-corrected chi connectivity index (χ3v) is 7.55. The molecule has 43 heavy (non-hydrogen) atoms. The highest BCUT2D eigenvalue weighted by atomic mass is 16.6. The van der Waals surface area contributed by atoms with E-state index in [0.717, 1.165) is 29.3 Å². The first-order chi connectivity index (χ1) is 20.6. The number of rotatable bonds is 8. The molecule has 6 rings (SSSR count). The summed E-state index contributed by atoms with van der Waals surface area (Å²) in [6, 6.07) is 16.9. The standard InChI is InChI=1S/C32H26O11/c33-18-7-3-17(4-8-18)15-41-20-9-5-16(6-10-20)2-1-11-32(30(39)25-21(35)12-19(34)13-24(25)43-32)27-23(37)14-22(36)26-28(38)31(40)42-29(26)27/h3-10,12-14,31,33-37,40H,1-2,11,15H2. The van der Waals surface area contributed by atoms with Crippen LogP contribution in [0.25, 0.3) is 0 Å². The molecule has 0 radical (unpaired) electrons. The maximum atomic E-state index is 14.0. The lowest BCUT2D eigenvalue weighted by Crippen LogP contribution is -2.38. The van der Waals surface area contributed by atoms with Gasteiger partial charge in [0.25, 0.3) is 6.29 Å². The van der Waals surface area contributed by atoms with Crippen molar-refractivity contribution in [2.24, 2.45) is 0 Å². The zero-order valence-corrected chi connectivity index (χ0v) is 22.5. The van der Waals surface area contributed by atoms with E-state index in [1.807, 2.05) is 12.1 Å². The van der Waals surface area contributed by atoms with Crippen molar-refractivity contribution in [2.45, 2.75) is 37.8 Å². The van der Waals surface area contributed by atoms with Gasteiger partial charge in [-0.1, -0.05) is 24.3 Å². The Hall–Kier alpha value is -5.42. The Bertz CT molecular complexity index is 1750. The van der Waals surface area contributed by atoms with Crippen LogP contribution in [0.4, 0.5) is 0 Å². The van der Waals surface area contributed by atoms with E-state index in [2.05, 4.69) is 0 Å². The van der Waals surface area contributed by atoms with Gasteiger partial charge in [0.1, 0.15) is 63.7 Å². The lowest BCUT2D eigenvalue weighted by molar-refractivity contribution is 0.00501. The number of hydrogen-bond donors (Lipinski definition) is 6. The second kappa shape index (κ2) is 10.4. The second-order valence-electron chi connectivity index (χ2n) is 10.4. The van der Waals surface area contributed by atoms with Gasteiger partial charge >= 0.3 is 0 Å². The van der Waals surface area contributed by atoms with E-state index < -0.39 is 52.0 Å². The number of benzene rings is 4. The van der Waals surface area contributed by atoms with Gasteiger partial charge in [-0.3, -0.25) is 9.59 Å². The number of ether oxygens (including phenoxy) is 3. The first-order valence-corrected chi connectivity index (χ1v) is 13.3. The first-order valence-electron chi connectivity index (χ1n) is 13.3. The maximum Gasteiger partial charge on any atom is 0.262 e. The smallest absolute Gasteiger partial charge is 0.262 e. The number of aromatic hydroxyl groups is 5. The normalized spacial score (nSPS) is 18.6. The van der Waals surface area contributed by atoms with Crippen LogP contribution < -0.4 is 14.2 Å². The van der Waals surface area contributed by atoms with Crippen LogP contribution in [0.3, 0.4) is 0 Å². The fourth-order valence-electron chi connectivity index (χ4n) is 5.50. The molecule has 0 fully saturated rings. The molecule has 4 aromatic rings. The molecule has 220 valence electrons. The molecule has 0 amide bonds. The van der Waals surface area contributed by atoms with Gasteiger partial charge in [0.05, 0.1) is 5.56 Å². The van der Waals surface area contributed by atoms with Crippen molar-refractivity contribution in [3.05, 3.63) is 94.5 Å². The molecule has 4 aromatic carbocycles. The lowest BCUT2D eigenvalue weighted by atomic mass is 9.81. The number of ketones is 2. The zero-order chi connectivity index (χ0) is 30.5. The number of carbonyl (C=O) groups is 2. The molecule has 11 heteroatoms. The van der Waals surface area contributed by atoms with E-state index >= 15 is 0 Å². The summed E-state index contributed by atoms with van der Waals surface area (Å²) in [6.45, 7) is 0.310. The summed E-state index contributed by atoms with van der Waals surface area (Å²) in [5, 5.41) is 61.3. The Morgan fingerprint density at radius 1 is 0.767 bits per heavy atom. The zero-order valence-electron chi connectivity index (χ0n) is 22.5. The molecule has 0 saturated heterocycles. The van der Waals surface area contributed by atoms with E-state index in [4.69, 9.17) is 14.2 Å². The van der Waals surface area contributed by atoms with E-state index in [-0.39, 0.29) is 34.8 Å². The molecule has 6 N–H and O–H groups in total. The van der Waals surface area contributed by atoms with Crippen LogP contribution in [0.2, 0.25) is 0 Å². The second-order valence-corrected chi connectivity index (χ2v) is 10.4. The molecule has 2 aliphatic heterocycles. The summed E-state index contributed by atoms with van der Waals surface area (Å²) in [4.78, 5) is 26.5. The summed E-state index contributed by atoms with van der Waals surface area (Å²) in [5.74, 6) is -3.67. The molecule has 11 nitrogen and oxygen atoms in total. The lowest BCUT2D eigenvalue weighted by Gasteiger charge is -2.30. The topological polar surface area (TPSA) is 183 Å². The van der Waals surface area contributed by atoms with Crippen LogP contribution in [-0.2, 0) is 18.6 Å². The van der Waals surface area contributed by atoms with Gasteiger partial charge in [0, 0.05) is 18.2 Å². The SMILES string of the molecule is O=C1c2c(O)cc(O)c(C3(CCCc4ccc(OCc5ccc(O)cc5)cc4)Oc4cc(O)cc(O)c4C3=O)c2OC1O. The average molecular weight is 587 g/mol. The quantitative estimate of drug-likeness (QED) is 0.174. The average Bonchev–Trinajstić information content (AvgIpc) is 3.41. The highest BCUT2D eigenvalue weighted by molar-refractivity contribution is 6.12. The van der Waals surface area contributed by atoms with Crippen LogP contribution in [0.5, 0.6) is 46.0 Å². The van der Waals surface area contributed by atoms with Crippen molar-refractivity contribution in [3.8, 4) is 46.0 Å². The molecule has 0 spiro atoms. The fourth-order valence-corrected chi connectivity index (χ4v) is 5.50. The fraction of sp³-hybridized carbons (Fsp3) is 0.188. The summed E-state index contributed by atoms with van der Waals surface area (Å²) in [5.41, 5.74) is -1.20. The van der Waals surface area contributed by atoms with Gasteiger partial charge < -0.3 is 44.8 Å². The number of aliphatic hydroxyl groups is 1. The molecule has 2 aliphatic rings. The Morgan fingerprint density at radius 3 is 2.16 bits per heavy atom. The summed E-state index contributed by atoms with van der Waals surface area (Å²) in [7, 11) is 0. The number of hydrogen-bond acceptors (Lipinski definition) is 11. The predicted molar refractivity (Wildman–Crippen MR) is 149 cm³/mol. The largest absolute Gasteiger partial charge is 0.508 e. The molecule has 2 heterocycles. The number of Topliss-reactive ketones (excluding diaryl/α,β-unsaturated/α-hetero) is 2. The van der Waals surface area contributed by atoms with Gasteiger partial charge in [-0.05, 0) is 54.7 Å². The summed E-state index contributed by atoms with van der Waals surface area (Å²) < 4.78 is 17.2. The Balaban J connectivity index is 1.27. The number of phenolic OH excluding ortho intramolecular Hbond substituents is 5. The number of aryl methyl sites for hydroxylation is 1. The molecule has 2 atom stereocenters. The molecular formula is C32H26O11.